The lowest BCUT2D eigenvalue weighted by Crippen LogP contribution is -2.32. The monoisotopic (exact) mass is 270 g/mol. The van der Waals surface area contributed by atoms with Gasteiger partial charge in [-0.25, -0.2) is 0 Å². The average Bonchev–Trinajstić information content (AvgIpc) is 2.93. The van der Waals surface area contributed by atoms with E-state index in [0.29, 0.717) is 0 Å². The molecule has 2 heterocycles. The molecule has 4 heteroatoms. The van der Waals surface area contributed by atoms with E-state index < -0.39 is 0 Å². The van der Waals surface area contributed by atoms with Crippen LogP contribution in [0.4, 0.5) is 0 Å². The van der Waals surface area contributed by atoms with Crippen molar-refractivity contribution in [3.63, 3.8) is 0 Å². The van der Waals surface area contributed by atoms with Crippen molar-refractivity contribution < 1.29 is 9.47 Å². The molecule has 1 saturated heterocycles. The number of rotatable bonds is 1. The number of thiophene rings is 1. The van der Waals surface area contributed by atoms with Crippen molar-refractivity contribution in [2.75, 3.05) is 13.2 Å². The van der Waals surface area contributed by atoms with Crippen LogP contribution in [0.2, 0.25) is 4.34 Å². The summed E-state index contributed by atoms with van der Waals surface area (Å²) in [4.78, 5) is 1.24. The van der Waals surface area contributed by atoms with E-state index in [1.807, 2.05) is 6.07 Å². The fourth-order valence-electron chi connectivity index (χ4n) is 2.49. The van der Waals surface area contributed by atoms with Crippen LogP contribution in [0.25, 0.3) is 6.08 Å². The van der Waals surface area contributed by atoms with Gasteiger partial charge in [0.25, 0.3) is 0 Å². The van der Waals surface area contributed by atoms with E-state index in [4.69, 9.17) is 21.1 Å². The minimum Gasteiger partial charge on any atom is -0.348 e. The highest BCUT2D eigenvalue weighted by molar-refractivity contribution is 7.17. The number of hydrogen-bond donors (Lipinski definition) is 0. The molecule has 1 aromatic rings. The van der Waals surface area contributed by atoms with Crippen LogP contribution in [0.3, 0.4) is 0 Å². The summed E-state index contributed by atoms with van der Waals surface area (Å²) in [6, 6.07) is 4.03. The van der Waals surface area contributed by atoms with Gasteiger partial charge in [0.2, 0.25) is 0 Å². The zero-order valence-electron chi connectivity index (χ0n) is 9.58. The molecule has 0 amide bonds. The topological polar surface area (TPSA) is 18.5 Å². The first-order valence-electron chi connectivity index (χ1n) is 5.99. The van der Waals surface area contributed by atoms with Gasteiger partial charge in [-0.1, -0.05) is 17.2 Å². The summed E-state index contributed by atoms with van der Waals surface area (Å²) in [6.45, 7) is 1.50. The lowest BCUT2D eigenvalue weighted by Gasteiger charge is -2.32. The third kappa shape index (κ3) is 2.58. The Hall–Kier alpha value is -0.350. The third-order valence-corrected chi connectivity index (χ3v) is 4.59. The van der Waals surface area contributed by atoms with E-state index in [1.54, 1.807) is 11.3 Å². The summed E-state index contributed by atoms with van der Waals surface area (Å²) in [7, 11) is 0. The fourth-order valence-corrected chi connectivity index (χ4v) is 3.54. The maximum atomic E-state index is 5.93. The minimum atomic E-state index is -0.259. The summed E-state index contributed by atoms with van der Waals surface area (Å²) in [6.07, 6.45) is 6.36. The molecule has 0 bridgehead atoms. The van der Waals surface area contributed by atoms with Crippen LogP contribution in [0, 0.1) is 0 Å². The van der Waals surface area contributed by atoms with Gasteiger partial charge in [-0.05, 0) is 31.1 Å². The van der Waals surface area contributed by atoms with Gasteiger partial charge in [0.15, 0.2) is 5.79 Å². The van der Waals surface area contributed by atoms with E-state index >= 15 is 0 Å². The highest BCUT2D eigenvalue weighted by Gasteiger charge is 2.38. The molecule has 1 spiro atoms. The van der Waals surface area contributed by atoms with Gasteiger partial charge in [-0.15, -0.1) is 11.3 Å². The maximum Gasteiger partial charge on any atom is 0.169 e. The van der Waals surface area contributed by atoms with Crippen molar-refractivity contribution >= 4 is 29.0 Å². The molecule has 0 unspecified atom stereocenters. The highest BCUT2D eigenvalue weighted by Crippen LogP contribution is 2.39. The van der Waals surface area contributed by atoms with Crippen molar-refractivity contribution in [3.05, 3.63) is 26.9 Å². The first kappa shape index (κ1) is 11.7. The number of allylic oxidation sites excluding steroid dienone is 1. The second kappa shape index (κ2) is 4.73. The Kier molecular flexibility index (Phi) is 3.26. The number of hydrogen-bond acceptors (Lipinski definition) is 3. The van der Waals surface area contributed by atoms with Gasteiger partial charge in [0.05, 0.1) is 17.6 Å². The molecule has 1 aromatic heterocycles. The molecule has 2 fully saturated rings. The predicted octanol–water partition coefficient (Wildman–Crippen LogP) is 4.10. The number of ether oxygens (including phenoxy) is 2. The molecule has 17 heavy (non-hydrogen) atoms. The van der Waals surface area contributed by atoms with Crippen LogP contribution < -0.4 is 0 Å². The van der Waals surface area contributed by atoms with Gasteiger partial charge >= 0.3 is 0 Å². The van der Waals surface area contributed by atoms with Crippen molar-refractivity contribution in [2.24, 2.45) is 0 Å². The Bertz CT molecular complexity index is 420. The van der Waals surface area contributed by atoms with Gasteiger partial charge in [0, 0.05) is 17.7 Å². The number of halogens is 1. The zero-order chi connectivity index (χ0) is 11.7. The standard InChI is InChI=1S/C13H15ClO2S/c14-12-2-1-11(17-12)9-10-3-5-13(6-4-10)15-7-8-16-13/h1-2,9H,3-8H2. The molecular weight excluding hydrogens is 256 g/mol. The van der Waals surface area contributed by atoms with Crippen LogP contribution in [-0.4, -0.2) is 19.0 Å². The first-order chi connectivity index (χ1) is 8.26. The van der Waals surface area contributed by atoms with Gasteiger partial charge in [-0.3, -0.25) is 0 Å². The molecule has 0 N–H and O–H groups in total. The largest absolute Gasteiger partial charge is 0.348 e. The Labute approximate surface area is 110 Å². The van der Waals surface area contributed by atoms with Gasteiger partial charge in [0.1, 0.15) is 0 Å². The molecule has 0 aromatic carbocycles. The molecule has 0 radical (unpaired) electrons. The molecular formula is C13H15ClO2S. The molecule has 1 saturated carbocycles. The lowest BCUT2D eigenvalue weighted by atomic mass is 9.89. The quantitative estimate of drug-likeness (QED) is 0.765. The molecule has 0 atom stereocenters. The third-order valence-electron chi connectivity index (χ3n) is 3.41. The van der Waals surface area contributed by atoms with Gasteiger partial charge in [-0.2, -0.15) is 0 Å². The van der Waals surface area contributed by atoms with Crippen LogP contribution in [0.1, 0.15) is 30.6 Å². The molecule has 92 valence electrons. The van der Waals surface area contributed by atoms with Crippen molar-refractivity contribution in [1.82, 2.24) is 0 Å². The van der Waals surface area contributed by atoms with Crippen LogP contribution in [-0.2, 0) is 9.47 Å². The minimum absolute atomic E-state index is 0.259. The van der Waals surface area contributed by atoms with Gasteiger partial charge < -0.3 is 9.47 Å². The average molecular weight is 271 g/mol. The Morgan fingerprint density at radius 2 is 1.88 bits per heavy atom. The summed E-state index contributed by atoms with van der Waals surface area (Å²) >= 11 is 7.56. The molecule has 1 aliphatic heterocycles. The SMILES string of the molecule is Clc1ccc(C=C2CCC3(CC2)OCCO3)s1. The Morgan fingerprint density at radius 3 is 2.47 bits per heavy atom. The highest BCUT2D eigenvalue weighted by atomic mass is 35.5. The van der Waals surface area contributed by atoms with E-state index in [1.165, 1.54) is 10.5 Å². The van der Waals surface area contributed by atoms with E-state index in [9.17, 15) is 0 Å². The maximum absolute atomic E-state index is 5.93. The van der Waals surface area contributed by atoms with Crippen LogP contribution in [0.5, 0.6) is 0 Å². The Morgan fingerprint density at radius 1 is 1.18 bits per heavy atom. The van der Waals surface area contributed by atoms with E-state index in [0.717, 1.165) is 43.2 Å². The summed E-state index contributed by atoms with van der Waals surface area (Å²) in [5.74, 6) is -0.259. The molecule has 2 nitrogen and oxygen atoms in total. The summed E-state index contributed by atoms with van der Waals surface area (Å²) < 4.78 is 12.3. The summed E-state index contributed by atoms with van der Waals surface area (Å²) in [5.41, 5.74) is 1.48. The smallest absolute Gasteiger partial charge is 0.169 e. The first-order valence-corrected chi connectivity index (χ1v) is 7.18. The molecule has 3 rings (SSSR count). The molecule has 1 aliphatic carbocycles. The van der Waals surface area contributed by atoms with E-state index in [2.05, 4.69) is 12.1 Å². The fraction of sp³-hybridized carbons (Fsp3) is 0.538. The van der Waals surface area contributed by atoms with Crippen molar-refractivity contribution in [2.45, 2.75) is 31.5 Å². The van der Waals surface area contributed by atoms with Crippen LogP contribution in [0.15, 0.2) is 17.7 Å². The summed E-state index contributed by atoms with van der Waals surface area (Å²) in [5, 5.41) is 0. The second-order valence-electron chi connectivity index (χ2n) is 4.55. The Balaban J connectivity index is 1.66. The normalized spacial score (nSPS) is 23.2. The van der Waals surface area contributed by atoms with Crippen molar-refractivity contribution in [3.8, 4) is 0 Å². The van der Waals surface area contributed by atoms with E-state index in [-0.39, 0.29) is 5.79 Å². The van der Waals surface area contributed by atoms with Crippen molar-refractivity contribution in [1.29, 1.82) is 0 Å². The predicted molar refractivity (Wildman–Crippen MR) is 70.4 cm³/mol. The van der Waals surface area contributed by atoms with Crippen LogP contribution >= 0.6 is 22.9 Å². The lowest BCUT2D eigenvalue weighted by molar-refractivity contribution is -0.171. The second-order valence-corrected chi connectivity index (χ2v) is 6.30. The zero-order valence-corrected chi connectivity index (χ0v) is 11.1. The molecule has 2 aliphatic rings.